The summed E-state index contributed by atoms with van der Waals surface area (Å²) in [6.07, 6.45) is 3.52. The van der Waals surface area contributed by atoms with E-state index in [2.05, 4.69) is 36.4 Å². The average Bonchev–Trinajstić information content (AvgIpc) is 2.75. The number of hydrogen-bond donors (Lipinski definition) is 2. The van der Waals surface area contributed by atoms with Crippen LogP contribution in [0, 0.1) is 0 Å². The van der Waals surface area contributed by atoms with Gasteiger partial charge in [-0.05, 0) is 35.0 Å². The molecule has 0 saturated carbocycles. The highest BCUT2D eigenvalue weighted by molar-refractivity contribution is 5.87. The molecule has 1 fully saturated rings. The summed E-state index contributed by atoms with van der Waals surface area (Å²) in [7, 11) is 6.08. The molecule has 1 saturated heterocycles. The van der Waals surface area contributed by atoms with E-state index >= 15 is 0 Å². The predicted octanol–water partition coefficient (Wildman–Crippen LogP) is -0.0990. The number of nitrogens with one attached hydrogen (secondary N) is 2. The van der Waals surface area contributed by atoms with E-state index in [-0.39, 0.29) is 11.9 Å². The molecular weight excluding hydrogens is 240 g/mol. The third kappa shape index (κ3) is 5.30. The number of likely N-dealkylation sites (N-methyl/N-ethyl adjacent to an activating group) is 2. The Morgan fingerprint density at radius 2 is 2.05 bits per heavy atom. The molecule has 0 aliphatic carbocycles. The Balaban J connectivity index is 2.46. The molecule has 0 aromatic heterocycles. The van der Waals surface area contributed by atoms with E-state index in [1.807, 2.05) is 25.1 Å². The van der Waals surface area contributed by atoms with Crippen molar-refractivity contribution >= 4 is 5.91 Å². The first-order valence-corrected chi connectivity index (χ1v) is 6.96. The van der Waals surface area contributed by atoms with Gasteiger partial charge >= 0.3 is 0 Å². The summed E-state index contributed by atoms with van der Waals surface area (Å²) >= 11 is 0. The lowest BCUT2D eigenvalue weighted by Gasteiger charge is -2.32. The highest BCUT2D eigenvalue weighted by atomic mass is 16.1. The van der Waals surface area contributed by atoms with Gasteiger partial charge in [0.25, 0.3) is 0 Å². The van der Waals surface area contributed by atoms with Crippen molar-refractivity contribution < 1.29 is 4.79 Å². The summed E-state index contributed by atoms with van der Waals surface area (Å²) in [6.45, 7) is 6.91. The number of amides is 1. The molecule has 2 atom stereocenters. The molecule has 1 aliphatic heterocycles. The smallest absolute Gasteiger partial charge is 0.244 e. The lowest BCUT2D eigenvalue weighted by molar-refractivity contribution is -0.117. The van der Waals surface area contributed by atoms with Crippen LogP contribution in [0.15, 0.2) is 12.2 Å². The van der Waals surface area contributed by atoms with Crippen LogP contribution in [0.1, 0.15) is 13.8 Å². The van der Waals surface area contributed by atoms with E-state index in [1.165, 1.54) is 0 Å². The molecule has 0 radical (unpaired) electrons. The molecule has 2 N–H and O–H groups in total. The maximum absolute atomic E-state index is 11.9. The molecule has 1 amide bonds. The number of carbonyl (C=O) groups is 1. The topological polar surface area (TPSA) is 47.6 Å². The van der Waals surface area contributed by atoms with Crippen LogP contribution in [0.25, 0.3) is 0 Å². The van der Waals surface area contributed by atoms with Gasteiger partial charge in [0.05, 0.1) is 6.04 Å². The maximum atomic E-state index is 11.9. The van der Waals surface area contributed by atoms with Crippen LogP contribution in [0.3, 0.4) is 0 Å². The lowest BCUT2D eigenvalue weighted by atomic mass is 10.1. The minimum Gasteiger partial charge on any atom is -0.347 e. The van der Waals surface area contributed by atoms with Crippen LogP contribution >= 0.6 is 0 Å². The standard InChI is InChI=1S/C14H28N4O/c1-11(2)18(5)13-10-15-9-12(13)16-14(19)7-6-8-17(3)4/h6-7,11-13,15H,8-10H2,1-5H3,(H,16,19)/b7-6+/t12-,13-/m0/s1. The Bertz CT molecular complexity index is 315. The summed E-state index contributed by atoms with van der Waals surface area (Å²) < 4.78 is 0. The number of nitrogens with zero attached hydrogens (tertiary/aromatic N) is 2. The third-order valence-corrected chi connectivity index (χ3v) is 3.59. The molecule has 5 nitrogen and oxygen atoms in total. The van der Waals surface area contributed by atoms with Gasteiger partial charge in [0, 0.05) is 37.8 Å². The highest BCUT2D eigenvalue weighted by Gasteiger charge is 2.31. The SMILES string of the molecule is CC(C)N(C)[C@H]1CNC[C@@H]1NC(=O)/C=C/CN(C)C. The first-order valence-electron chi connectivity index (χ1n) is 6.96. The van der Waals surface area contributed by atoms with Crippen molar-refractivity contribution in [2.24, 2.45) is 0 Å². The number of carbonyl (C=O) groups excluding carboxylic acids is 1. The van der Waals surface area contributed by atoms with Crippen LogP contribution in [0.5, 0.6) is 0 Å². The normalized spacial score (nSPS) is 24.0. The second-order valence-electron chi connectivity index (χ2n) is 5.76. The molecule has 5 heteroatoms. The molecule has 0 bridgehead atoms. The van der Waals surface area contributed by atoms with Crippen LogP contribution in [0.2, 0.25) is 0 Å². The van der Waals surface area contributed by atoms with Gasteiger partial charge in [-0.3, -0.25) is 9.69 Å². The molecule has 0 spiro atoms. The van der Waals surface area contributed by atoms with Crippen molar-refractivity contribution in [2.45, 2.75) is 32.0 Å². The molecule has 1 rings (SSSR count). The van der Waals surface area contributed by atoms with Crippen LogP contribution in [0.4, 0.5) is 0 Å². The van der Waals surface area contributed by atoms with E-state index in [1.54, 1.807) is 6.08 Å². The third-order valence-electron chi connectivity index (χ3n) is 3.59. The van der Waals surface area contributed by atoms with E-state index in [0.29, 0.717) is 12.1 Å². The fraction of sp³-hybridized carbons (Fsp3) is 0.786. The molecule has 1 heterocycles. The summed E-state index contributed by atoms with van der Waals surface area (Å²) in [5.74, 6) is -0.00212. The molecule has 19 heavy (non-hydrogen) atoms. The quantitative estimate of drug-likeness (QED) is 0.661. The predicted molar refractivity (Wildman–Crippen MR) is 79.2 cm³/mol. The van der Waals surface area contributed by atoms with Gasteiger partial charge in [0.15, 0.2) is 0 Å². The first kappa shape index (κ1) is 16.1. The van der Waals surface area contributed by atoms with Crippen molar-refractivity contribution in [1.82, 2.24) is 20.4 Å². The zero-order valence-corrected chi connectivity index (χ0v) is 12.8. The van der Waals surface area contributed by atoms with Crippen molar-refractivity contribution in [3.8, 4) is 0 Å². The van der Waals surface area contributed by atoms with Crippen molar-refractivity contribution in [3.63, 3.8) is 0 Å². The Morgan fingerprint density at radius 3 is 2.63 bits per heavy atom. The maximum Gasteiger partial charge on any atom is 0.244 e. The first-order chi connectivity index (χ1) is 8.91. The van der Waals surface area contributed by atoms with E-state index in [9.17, 15) is 4.79 Å². The van der Waals surface area contributed by atoms with Crippen LogP contribution in [-0.4, -0.2) is 74.6 Å². The fourth-order valence-corrected chi connectivity index (χ4v) is 2.22. The summed E-state index contributed by atoms with van der Waals surface area (Å²) in [5.41, 5.74) is 0. The number of rotatable bonds is 6. The monoisotopic (exact) mass is 268 g/mol. The minimum atomic E-state index is -0.00212. The van der Waals surface area contributed by atoms with Crippen LogP contribution in [-0.2, 0) is 4.79 Å². The highest BCUT2D eigenvalue weighted by Crippen LogP contribution is 2.10. The van der Waals surface area contributed by atoms with Crippen molar-refractivity contribution in [1.29, 1.82) is 0 Å². The molecule has 1 aliphatic rings. The van der Waals surface area contributed by atoms with Crippen molar-refractivity contribution in [2.75, 3.05) is 40.8 Å². The number of hydrogen-bond acceptors (Lipinski definition) is 4. The summed E-state index contributed by atoms with van der Waals surface area (Å²) in [6, 6.07) is 1.03. The Labute approximate surface area is 117 Å². The van der Waals surface area contributed by atoms with E-state index < -0.39 is 0 Å². The van der Waals surface area contributed by atoms with Gasteiger partial charge in [-0.1, -0.05) is 6.08 Å². The van der Waals surface area contributed by atoms with Gasteiger partial charge in [0.1, 0.15) is 0 Å². The van der Waals surface area contributed by atoms with Crippen molar-refractivity contribution in [3.05, 3.63) is 12.2 Å². The fourth-order valence-electron chi connectivity index (χ4n) is 2.22. The molecule has 0 unspecified atom stereocenters. The Kier molecular flexibility index (Phi) is 6.48. The Morgan fingerprint density at radius 1 is 1.37 bits per heavy atom. The average molecular weight is 268 g/mol. The van der Waals surface area contributed by atoms with Gasteiger partial charge in [0.2, 0.25) is 5.91 Å². The largest absolute Gasteiger partial charge is 0.347 e. The lowest BCUT2D eigenvalue weighted by Crippen LogP contribution is -2.51. The van der Waals surface area contributed by atoms with Gasteiger partial charge in [-0.2, -0.15) is 0 Å². The second kappa shape index (κ2) is 7.62. The minimum absolute atomic E-state index is 0.00212. The van der Waals surface area contributed by atoms with E-state index in [4.69, 9.17) is 0 Å². The molecular formula is C14H28N4O. The summed E-state index contributed by atoms with van der Waals surface area (Å²) in [5, 5.41) is 6.44. The zero-order chi connectivity index (χ0) is 14.4. The summed E-state index contributed by atoms with van der Waals surface area (Å²) in [4.78, 5) is 16.2. The van der Waals surface area contributed by atoms with Gasteiger partial charge in [-0.15, -0.1) is 0 Å². The van der Waals surface area contributed by atoms with Gasteiger partial charge < -0.3 is 15.5 Å². The molecule has 0 aromatic rings. The van der Waals surface area contributed by atoms with E-state index in [0.717, 1.165) is 19.6 Å². The molecule has 0 aromatic carbocycles. The second-order valence-corrected chi connectivity index (χ2v) is 5.76. The zero-order valence-electron chi connectivity index (χ0n) is 12.8. The molecule has 110 valence electrons. The van der Waals surface area contributed by atoms with Gasteiger partial charge in [-0.25, -0.2) is 0 Å². The Hall–Kier alpha value is -0.910. The van der Waals surface area contributed by atoms with Crippen LogP contribution < -0.4 is 10.6 Å².